The van der Waals surface area contributed by atoms with Gasteiger partial charge in [-0.05, 0) is 50.6 Å². The van der Waals surface area contributed by atoms with E-state index in [0.717, 1.165) is 11.8 Å². The largest absolute Gasteiger partial charge is 0.482 e. The monoisotopic (exact) mass is 546 g/mol. The Bertz CT molecular complexity index is 1450. The van der Waals surface area contributed by atoms with Crippen molar-refractivity contribution in [3.63, 3.8) is 0 Å². The molecule has 4 aromatic rings. The lowest BCUT2D eigenvalue weighted by Crippen LogP contribution is -2.24. The van der Waals surface area contributed by atoms with Gasteiger partial charge < -0.3 is 10.1 Å². The van der Waals surface area contributed by atoms with Crippen LogP contribution in [0.5, 0.6) is 5.75 Å². The van der Waals surface area contributed by atoms with Crippen molar-refractivity contribution >= 4 is 28.9 Å². The van der Waals surface area contributed by atoms with Crippen LogP contribution in [0.1, 0.15) is 32.0 Å². The van der Waals surface area contributed by atoms with Crippen molar-refractivity contribution in [2.75, 3.05) is 5.32 Å². The van der Waals surface area contributed by atoms with Gasteiger partial charge in [-0.3, -0.25) is 10.1 Å². The molecule has 198 valence electrons. The summed E-state index contributed by atoms with van der Waals surface area (Å²) in [4.78, 5) is 18.3. The van der Waals surface area contributed by atoms with E-state index in [1.54, 1.807) is 41.1 Å². The van der Waals surface area contributed by atoms with Crippen LogP contribution in [0, 0.1) is 10.1 Å². The van der Waals surface area contributed by atoms with Crippen LogP contribution in [0.2, 0.25) is 5.02 Å². The molecule has 13 heteroatoms. The average molecular weight is 547 g/mol. The molecule has 0 radical (unpaired) electrons. The summed E-state index contributed by atoms with van der Waals surface area (Å²) in [6.07, 6.45) is -2.98. The van der Waals surface area contributed by atoms with Crippen molar-refractivity contribution in [3.8, 4) is 17.0 Å². The van der Waals surface area contributed by atoms with Crippen molar-refractivity contribution in [1.82, 2.24) is 19.7 Å². The van der Waals surface area contributed by atoms with Crippen LogP contribution in [-0.2, 0) is 18.3 Å². The molecule has 0 aliphatic rings. The zero-order chi connectivity index (χ0) is 27.7. The van der Waals surface area contributed by atoms with E-state index in [4.69, 9.17) is 16.3 Å². The Hall–Kier alpha value is -4.19. The molecule has 2 aromatic heterocycles. The van der Waals surface area contributed by atoms with Gasteiger partial charge in [0.1, 0.15) is 18.2 Å². The molecule has 2 heterocycles. The molecule has 0 aliphatic carbocycles. The van der Waals surface area contributed by atoms with Crippen molar-refractivity contribution in [3.05, 3.63) is 87.3 Å². The summed E-state index contributed by atoms with van der Waals surface area (Å²) < 4.78 is 45.9. The van der Waals surface area contributed by atoms with Crippen LogP contribution < -0.4 is 10.1 Å². The standard InChI is InChI=1S/C25H22ClF3N6O3/c1-24(2,3)34-23(32-22-13-30-21(12-31-22)25(27,28)29)11-18(33-34)16-6-9-19(35(36)37)20(10-16)38-14-15-4-7-17(26)8-5-15/h4-13H,14H2,1-3H3,(H,31,32). The van der Waals surface area contributed by atoms with Crippen LogP contribution in [0.25, 0.3) is 11.3 Å². The van der Waals surface area contributed by atoms with E-state index >= 15 is 0 Å². The second kappa shape index (κ2) is 10.3. The molecule has 0 fully saturated rings. The maximum atomic E-state index is 12.8. The fourth-order valence-corrected chi connectivity index (χ4v) is 3.60. The minimum absolute atomic E-state index is 0.0517. The number of aromatic nitrogens is 4. The van der Waals surface area contributed by atoms with Crippen molar-refractivity contribution in [2.45, 2.75) is 39.1 Å². The van der Waals surface area contributed by atoms with Gasteiger partial charge in [-0.25, -0.2) is 14.6 Å². The highest BCUT2D eigenvalue weighted by atomic mass is 35.5. The summed E-state index contributed by atoms with van der Waals surface area (Å²) in [6.45, 7) is 5.76. The predicted octanol–water partition coefficient (Wildman–Crippen LogP) is 7.00. The van der Waals surface area contributed by atoms with Crippen LogP contribution in [0.15, 0.2) is 60.9 Å². The molecule has 4 rings (SSSR count). The van der Waals surface area contributed by atoms with Gasteiger partial charge in [0.25, 0.3) is 0 Å². The summed E-state index contributed by atoms with van der Waals surface area (Å²) in [5, 5.41) is 19.7. The fourth-order valence-electron chi connectivity index (χ4n) is 3.47. The van der Waals surface area contributed by atoms with Gasteiger partial charge in [-0.2, -0.15) is 18.3 Å². The highest BCUT2D eigenvalue weighted by molar-refractivity contribution is 6.30. The zero-order valence-corrected chi connectivity index (χ0v) is 21.2. The number of halogens is 4. The third-order valence-electron chi connectivity index (χ3n) is 5.30. The van der Waals surface area contributed by atoms with Gasteiger partial charge in [-0.1, -0.05) is 23.7 Å². The van der Waals surface area contributed by atoms with Gasteiger partial charge in [0.05, 0.1) is 28.5 Å². The van der Waals surface area contributed by atoms with Crippen molar-refractivity contribution in [2.24, 2.45) is 0 Å². The second-order valence-electron chi connectivity index (χ2n) is 9.26. The molecule has 2 aromatic carbocycles. The minimum Gasteiger partial charge on any atom is -0.482 e. The van der Waals surface area contributed by atoms with E-state index in [0.29, 0.717) is 28.3 Å². The SMILES string of the molecule is CC(C)(C)n1nc(-c2ccc([N+](=O)[O-])c(OCc3ccc(Cl)cc3)c2)cc1Nc1cnc(C(F)(F)F)cn1. The number of rotatable bonds is 7. The summed E-state index contributed by atoms with van der Waals surface area (Å²) in [6, 6.07) is 13.0. The third-order valence-corrected chi connectivity index (χ3v) is 5.56. The first kappa shape index (κ1) is 26.9. The molecule has 0 spiro atoms. The fraction of sp³-hybridized carbons (Fsp3) is 0.240. The molecule has 0 saturated heterocycles. The van der Waals surface area contributed by atoms with Gasteiger partial charge >= 0.3 is 11.9 Å². The molecule has 9 nitrogen and oxygen atoms in total. The highest BCUT2D eigenvalue weighted by Gasteiger charge is 2.33. The van der Waals surface area contributed by atoms with Gasteiger partial charge in [-0.15, -0.1) is 0 Å². The first-order chi connectivity index (χ1) is 17.8. The number of anilines is 2. The molecule has 38 heavy (non-hydrogen) atoms. The lowest BCUT2D eigenvalue weighted by Gasteiger charge is -2.22. The summed E-state index contributed by atoms with van der Waals surface area (Å²) >= 11 is 5.91. The number of nitrogens with zero attached hydrogens (tertiary/aromatic N) is 5. The molecule has 0 atom stereocenters. The van der Waals surface area contributed by atoms with Crippen molar-refractivity contribution < 1.29 is 22.8 Å². The van der Waals surface area contributed by atoms with Gasteiger partial charge in [0.2, 0.25) is 0 Å². The molecule has 0 amide bonds. The Labute approximate surface area is 220 Å². The van der Waals surface area contributed by atoms with E-state index in [1.165, 1.54) is 12.1 Å². The number of hydrogen-bond acceptors (Lipinski definition) is 7. The Kier molecular flexibility index (Phi) is 7.27. The molecular formula is C25H22ClF3N6O3. The molecule has 0 bridgehead atoms. The Morgan fingerprint density at radius 3 is 2.34 bits per heavy atom. The van der Waals surface area contributed by atoms with Gasteiger partial charge in [0.15, 0.2) is 11.4 Å². The number of alkyl halides is 3. The summed E-state index contributed by atoms with van der Waals surface area (Å²) in [7, 11) is 0. The smallest absolute Gasteiger partial charge is 0.434 e. The number of nitro groups is 1. The van der Waals surface area contributed by atoms with E-state index in [2.05, 4.69) is 20.4 Å². The first-order valence-electron chi connectivity index (χ1n) is 11.2. The number of ether oxygens (including phenoxy) is 1. The number of benzene rings is 2. The summed E-state index contributed by atoms with van der Waals surface area (Å²) in [5.74, 6) is 0.574. The highest BCUT2D eigenvalue weighted by Crippen LogP contribution is 2.35. The van der Waals surface area contributed by atoms with Crippen LogP contribution in [0.3, 0.4) is 0 Å². The lowest BCUT2D eigenvalue weighted by molar-refractivity contribution is -0.385. The molecular weight excluding hydrogens is 525 g/mol. The molecule has 0 aliphatic heterocycles. The second-order valence-corrected chi connectivity index (χ2v) is 9.70. The maximum Gasteiger partial charge on any atom is 0.434 e. The lowest BCUT2D eigenvalue weighted by atomic mass is 10.1. The van der Waals surface area contributed by atoms with E-state index < -0.39 is 22.3 Å². The number of nitro benzene ring substituents is 1. The van der Waals surface area contributed by atoms with Crippen LogP contribution in [-0.4, -0.2) is 24.7 Å². The molecule has 0 unspecified atom stereocenters. The topological polar surface area (TPSA) is 108 Å². The minimum atomic E-state index is -4.60. The quantitative estimate of drug-likeness (QED) is 0.196. The first-order valence-corrected chi connectivity index (χ1v) is 11.6. The van der Waals surface area contributed by atoms with Crippen LogP contribution in [0.4, 0.5) is 30.5 Å². The van der Waals surface area contributed by atoms with E-state index in [9.17, 15) is 23.3 Å². The number of hydrogen-bond donors (Lipinski definition) is 1. The van der Waals surface area contributed by atoms with Gasteiger partial charge in [0, 0.05) is 22.7 Å². The molecule has 0 saturated carbocycles. The van der Waals surface area contributed by atoms with Crippen LogP contribution >= 0.6 is 11.6 Å². The Balaban J connectivity index is 1.66. The Morgan fingerprint density at radius 1 is 1.05 bits per heavy atom. The summed E-state index contributed by atoms with van der Waals surface area (Å²) in [5.41, 5.74) is -0.0919. The third kappa shape index (κ3) is 6.20. The average Bonchev–Trinajstić information content (AvgIpc) is 3.27. The van der Waals surface area contributed by atoms with E-state index in [-0.39, 0.29) is 23.9 Å². The predicted molar refractivity (Wildman–Crippen MR) is 135 cm³/mol. The van der Waals surface area contributed by atoms with E-state index in [1.807, 2.05) is 20.8 Å². The Morgan fingerprint density at radius 2 is 1.76 bits per heavy atom. The maximum absolute atomic E-state index is 12.8. The normalized spacial score (nSPS) is 11.9. The molecule has 1 N–H and O–H groups in total. The zero-order valence-electron chi connectivity index (χ0n) is 20.5. The number of nitrogens with one attached hydrogen (secondary N) is 1. The van der Waals surface area contributed by atoms with Crippen molar-refractivity contribution in [1.29, 1.82) is 0 Å².